The van der Waals surface area contributed by atoms with Gasteiger partial charge in [0, 0.05) is 11.6 Å². The van der Waals surface area contributed by atoms with Crippen LogP contribution in [0.4, 0.5) is 17.2 Å². The number of benzene rings is 1. The molecule has 1 aliphatic carbocycles. The van der Waals surface area contributed by atoms with Crippen molar-refractivity contribution in [2.45, 2.75) is 39.2 Å². The molecule has 0 atom stereocenters. The van der Waals surface area contributed by atoms with E-state index in [2.05, 4.69) is 15.6 Å². The summed E-state index contributed by atoms with van der Waals surface area (Å²) in [6.45, 7) is 4.01. The number of nitrogens with one attached hydrogen (secondary N) is 2. The van der Waals surface area contributed by atoms with Gasteiger partial charge in [-0.3, -0.25) is 4.79 Å². The highest BCUT2D eigenvalue weighted by Crippen LogP contribution is 2.27. The van der Waals surface area contributed by atoms with Crippen LogP contribution in [0, 0.1) is 5.92 Å². The molecule has 2 aromatic rings. The molecule has 0 aliphatic heterocycles. The summed E-state index contributed by atoms with van der Waals surface area (Å²) in [4.78, 5) is 16.2. The first-order valence-electron chi connectivity index (χ1n) is 8.41. The molecule has 3 rings (SSSR count). The minimum absolute atomic E-state index is 0.0789. The molecule has 24 heavy (non-hydrogen) atoms. The zero-order valence-corrected chi connectivity index (χ0v) is 14.1. The van der Waals surface area contributed by atoms with Crippen LogP contribution in [-0.2, 0) is 4.79 Å². The summed E-state index contributed by atoms with van der Waals surface area (Å²) in [5, 5.41) is 6.15. The van der Waals surface area contributed by atoms with Crippen molar-refractivity contribution in [3.05, 3.63) is 42.6 Å². The van der Waals surface area contributed by atoms with Gasteiger partial charge in [-0.2, -0.15) is 0 Å². The minimum Gasteiger partial charge on any atom is -0.491 e. The van der Waals surface area contributed by atoms with Crippen LogP contribution in [0.1, 0.15) is 33.1 Å². The Bertz CT molecular complexity index is 677. The van der Waals surface area contributed by atoms with Gasteiger partial charge >= 0.3 is 0 Å². The Balaban J connectivity index is 1.56. The van der Waals surface area contributed by atoms with Gasteiger partial charge in [0.15, 0.2) is 0 Å². The monoisotopic (exact) mass is 325 g/mol. The van der Waals surface area contributed by atoms with E-state index >= 15 is 0 Å². The van der Waals surface area contributed by atoms with E-state index in [1.165, 1.54) is 0 Å². The molecule has 0 radical (unpaired) electrons. The van der Waals surface area contributed by atoms with E-state index in [4.69, 9.17) is 4.74 Å². The molecule has 0 unspecified atom stereocenters. The van der Waals surface area contributed by atoms with Crippen LogP contribution in [0.3, 0.4) is 0 Å². The van der Waals surface area contributed by atoms with E-state index in [0.29, 0.717) is 5.82 Å². The lowest BCUT2D eigenvalue weighted by atomic mass is 9.85. The second-order valence-corrected chi connectivity index (χ2v) is 6.37. The van der Waals surface area contributed by atoms with E-state index in [0.717, 1.165) is 36.4 Å². The van der Waals surface area contributed by atoms with Crippen molar-refractivity contribution in [3.63, 3.8) is 0 Å². The van der Waals surface area contributed by atoms with Gasteiger partial charge < -0.3 is 15.4 Å². The molecule has 0 saturated heterocycles. The van der Waals surface area contributed by atoms with Crippen molar-refractivity contribution < 1.29 is 9.53 Å². The van der Waals surface area contributed by atoms with Gasteiger partial charge in [0.25, 0.3) is 0 Å². The number of ether oxygens (including phenoxy) is 1. The molecular formula is C19H23N3O2. The van der Waals surface area contributed by atoms with Crippen LogP contribution >= 0.6 is 0 Å². The first kappa shape index (κ1) is 16.3. The summed E-state index contributed by atoms with van der Waals surface area (Å²) in [5.74, 6) is 1.69. The standard InChI is InChI=1S/C19H23N3O2/c1-13(2)24-17-9-6-15(7-10-17)21-16-8-11-18(20-12-16)22-19(23)14-4-3-5-14/h6-14,21H,3-5H2,1-2H3,(H,20,22,23). The highest BCUT2D eigenvalue weighted by atomic mass is 16.5. The fraction of sp³-hybridized carbons (Fsp3) is 0.368. The summed E-state index contributed by atoms with van der Waals surface area (Å²) in [6.07, 6.45) is 5.00. The molecule has 1 aromatic heterocycles. The maximum absolute atomic E-state index is 11.9. The van der Waals surface area contributed by atoms with Crippen LogP contribution in [0.25, 0.3) is 0 Å². The van der Waals surface area contributed by atoms with Gasteiger partial charge in [-0.05, 0) is 63.1 Å². The van der Waals surface area contributed by atoms with Gasteiger partial charge in [0.2, 0.25) is 5.91 Å². The lowest BCUT2D eigenvalue weighted by molar-refractivity contribution is -0.122. The summed E-state index contributed by atoms with van der Waals surface area (Å²) < 4.78 is 5.62. The lowest BCUT2D eigenvalue weighted by Gasteiger charge is -2.23. The zero-order chi connectivity index (χ0) is 16.9. The number of aromatic nitrogens is 1. The molecule has 0 bridgehead atoms. The van der Waals surface area contributed by atoms with Crippen LogP contribution < -0.4 is 15.4 Å². The number of anilines is 3. The normalized spacial score (nSPS) is 14.1. The third kappa shape index (κ3) is 4.25. The molecule has 2 N–H and O–H groups in total. The van der Waals surface area contributed by atoms with Gasteiger partial charge in [-0.15, -0.1) is 0 Å². The van der Waals surface area contributed by atoms with Crippen molar-refractivity contribution in [2.75, 3.05) is 10.6 Å². The molecule has 5 nitrogen and oxygen atoms in total. The third-order valence-electron chi connectivity index (χ3n) is 4.01. The Morgan fingerprint density at radius 3 is 2.38 bits per heavy atom. The molecule has 1 aromatic carbocycles. The van der Waals surface area contributed by atoms with Gasteiger partial charge in [-0.1, -0.05) is 6.42 Å². The second-order valence-electron chi connectivity index (χ2n) is 6.37. The number of hydrogen-bond donors (Lipinski definition) is 2. The number of pyridine rings is 1. The molecular weight excluding hydrogens is 302 g/mol. The Labute approximate surface area is 142 Å². The maximum Gasteiger partial charge on any atom is 0.228 e. The Morgan fingerprint density at radius 2 is 1.83 bits per heavy atom. The lowest BCUT2D eigenvalue weighted by Crippen LogP contribution is -2.28. The largest absolute Gasteiger partial charge is 0.491 e. The zero-order valence-electron chi connectivity index (χ0n) is 14.1. The average Bonchev–Trinajstić information content (AvgIpc) is 2.49. The first-order chi connectivity index (χ1) is 11.6. The summed E-state index contributed by atoms with van der Waals surface area (Å²) in [7, 11) is 0. The number of carbonyl (C=O) groups excluding carboxylic acids is 1. The topological polar surface area (TPSA) is 63.2 Å². The predicted octanol–water partition coefficient (Wildman–Crippen LogP) is 4.35. The predicted molar refractivity (Wildman–Crippen MR) is 95.7 cm³/mol. The Kier molecular flexibility index (Phi) is 4.99. The second kappa shape index (κ2) is 7.34. The van der Waals surface area contributed by atoms with Crippen LogP contribution in [0.15, 0.2) is 42.6 Å². The van der Waals surface area contributed by atoms with Crippen LogP contribution in [0.5, 0.6) is 5.75 Å². The highest BCUT2D eigenvalue weighted by molar-refractivity contribution is 5.92. The molecule has 1 saturated carbocycles. The smallest absolute Gasteiger partial charge is 0.228 e. The number of hydrogen-bond acceptors (Lipinski definition) is 4. The van der Waals surface area contributed by atoms with Gasteiger partial charge in [-0.25, -0.2) is 4.98 Å². The van der Waals surface area contributed by atoms with Crippen LogP contribution in [-0.4, -0.2) is 17.0 Å². The molecule has 1 fully saturated rings. The molecule has 0 spiro atoms. The molecule has 1 heterocycles. The first-order valence-corrected chi connectivity index (χ1v) is 8.41. The number of nitrogens with zero attached hydrogens (tertiary/aromatic N) is 1. The summed E-state index contributed by atoms with van der Waals surface area (Å²) in [6, 6.07) is 11.5. The fourth-order valence-corrected chi connectivity index (χ4v) is 2.50. The van der Waals surface area contributed by atoms with E-state index in [-0.39, 0.29) is 17.9 Å². The third-order valence-corrected chi connectivity index (χ3v) is 4.01. The highest BCUT2D eigenvalue weighted by Gasteiger charge is 2.25. The van der Waals surface area contributed by atoms with E-state index < -0.39 is 0 Å². The molecule has 126 valence electrons. The average molecular weight is 325 g/mol. The summed E-state index contributed by atoms with van der Waals surface area (Å²) >= 11 is 0. The quantitative estimate of drug-likeness (QED) is 0.829. The Hall–Kier alpha value is -2.56. The van der Waals surface area contributed by atoms with Crippen LogP contribution in [0.2, 0.25) is 0 Å². The minimum atomic E-state index is 0.0789. The van der Waals surface area contributed by atoms with E-state index in [1.807, 2.05) is 50.2 Å². The number of rotatable bonds is 6. The van der Waals surface area contributed by atoms with Gasteiger partial charge in [0.1, 0.15) is 11.6 Å². The fourth-order valence-electron chi connectivity index (χ4n) is 2.50. The van der Waals surface area contributed by atoms with Gasteiger partial charge in [0.05, 0.1) is 18.0 Å². The van der Waals surface area contributed by atoms with Crippen molar-refractivity contribution in [1.29, 1.82) is 0 Å². The molecule has 1 amide bonds. The maximum atomic E-state index is 11.9. The number of amides is 1. The number of carbonyl (C=O) groups is 1. The summed E-state index contributed by atoms with van der Waals surface area (Å²) in [5.41, 5.74) is 1.83. The Morgan fingerprint density at radius 1 is 1.12 bits per heavy atom. The van der Waals surface area contributed by atoms with Crippen molar-refractivity contribution >= 4 is 23.1 Å². The van der Waals surface area contributed by atoms with Crippen molar-refractivity contribution in [3.8, 4) is 5.75 Å². The van der Waals surface area contributed by atoms with E-state index in [9.17, 15) is 4.79 Å². The molecule has 1 aliphatic rings. The van der Waals surface area contributed by atoms with Crippen molar-refractivity contribution in [1.82, 2.24) is 4.98 Å². The molecule has 5 heteroatoms. The SMILES string of the molecule is CC(C)Oc1ccc(Nc2ccc(NC(=O)C3CCC3)nc2)cc1. The van der Waals surface area contributed by atoms with E-state index in [1.54, 1.807) is 6.20 Å². The van der Waals surface area contributed by atoms with Crippen molar-refractivity contribution in [2.24, 2.45) is 5.92 Å².